The number of piperazine rings is 1. The van der Waals surface area contributed by atoms with Gasteiger partial charge in [0.2, 0.25) is 5.91 Å². The quantitative estimate of drug-likeness (QED) is 0.707. The summed E-state index contributed by atoms with van der Waals surface area (Å²) in [4.78, 5) is 39.0. The number of benzene rings is 1. The van der Waals surface area contributed by atoms with E-state index >= 15 is 0 Å². The van der Waals surface area contributed by atoms with Gasteiger partial charge in [-0.2, -0.15) is 0 Å². The lowest BCUT2D eigenvalue weighted by molar-refractivity contribution is -0.142. The molecule has 4 aliphatic rings. The lowest BCUT2D eigenvalue weighted by Gasteiger charge is -2.52. The topological polar surface area (TPSA) is 60.0 Å². The smallest absolute Gasteiger partial charge is 0.255 e. The van der Waals surface area contributed by atoms with Crippen LogP contribution in [-0.4, -0.2) is 78.5 Å². The molecule has 1 aromatic carbocycles. The van der Waals surface area contributed by atoms with Crippen LogP contribution in [0.4, 0.5) is 11.5 Å². The van der Waals surface area contributed by atoms with E-state index < -0.39 is 0 Å². The number of hydrogen-bond acceptors (Lipinski definition) is 5. The Morgan fingerprint density at radius 2 is 1.74 bits per heavy atom. The summed E-state index contributed by atoms with van der Waals surface area (Å²) in [5, 5.41) is 0. The van der Waals surface area contributed by atoms with Crippen LogP contribution in [0, 0.1) is 11.8 Å². The number of amides is 2. The minimum atomic E-state index is 0.0682. The maximum atomic E-state index is 13.1. The van der Waals surface area contributed by atoms with Gasteiger partial charge in [-0.15, -0.1) is 0 Å². The number of fused-ring (bicyclic) bond motifs is 4. The number of rotatable bonds is 3. The molecule has 4 aliphatic heterocycles. The number of pyridine rings is 1. The number of aromatic nitrogens is 1. The van der Waals surface area contributed by atoms with Gasteiger partial charge < -0.3 is 19.6 Å². The third-order valence-electron chi connectivity index (χ3n) is 8.19. The number of para-hydroxylation sites is 1. The molecule has 0 spiro atoms. The number of nitrogens with zero attached hydrogens (tertiary/aromatic N) is 5. The van der Waals surface area contributed by atoms with Crippen LogP contribution >= 0.6 is 0 Å². The lowest BCUT2D eigenvalue weighted by Crippen LogP contribution is -2.60. The summed E-state index contributed by atoms with van der Waals surface area (Å²) < 4.78 is 0. The molecule has 4 fully saturated rings. The van der Waals surface area contributed by atoms with Crippen LogP contribution in [0.25, 0.3) is 0 Å². The Labute approximate surface area is 201 Å². The van der Waals surface area contributed by atoms with E-state index in [0.29, 0.717) is 29.3 Å². The molecule has 6 rings (SSSR count). The number of carbonyl (C=O) groups is 2. The zero-order chi connectivity index (χ0) is 23.1. The van der Waals surface area contributed by atoms with Crippen LogP contribution < -0.4 is 9.80 Å². The van der Waals surface area contributed by atoms with Gasteiger partial charge in [-0.05, 0) is 55.4 Å². The number of piperidine rings is 3. The monoisotopic (exact) mass is 459 g/mol. The Morgan fingerprint density at radius 3 is 2.50 bits per heavy atom. The van der Waals surface area contributed by atoms with Crippen molar-refractivity contribution in [1.29, 1.82) is 0 Å². The molecule has 1 aromatic heterocycles. The first-order chi connectivity index (χ1) is 16.7. The van der Waals surface area contributed by atoms with E-state index in [0.717, 1.165) is 70.9 Å². The van der Waals surface area contributed by atoms with Gasteiger partial charge >= 0.3 is 0 Å². The van der Waals surface area contributed by atoms with Crippen LogP contribution in [0.3, 0.4) is 0 Å². The Hall–Kier alpha value is -3.09. The minimum Gasteiger partial charge on any atom is -0.368 e. The number of hydrogen-bond donors (Lipinski definition) is 0. The van der Waals surface area contributed by atoms with Crippen molar-refractivity contribution in [1.82, 2.24) is 14.8 Å². The van der Waals surface area contributed by atoms with Gasteiger partial charge in [-0.1, -0.05) is 18.2 Å². The number of anilines is 2. The molecule has 7 heteroatoms. The molecule has 5 heterocycles. The van der Waals surface area contributed by atoms with Crippen molar-refractivity contribution in [3.05, 3.63) is 54.2 Å². The van der Waals surface area contributed by atoms with Crippen LogP contribution in [0.2, 0.25) is 0 Å². The van der Waals surface area contributed by atoms with Gasteiger partial charge in [-0.25, -0.2) is 4.98 Å². The van der Waals surface area contributed by atoms with E-state index in [4.69, 9.17) is 4.98 Å². The van der Waals surface area contributed by atoms with Crippen molar-refractivity contribution in [2.24, 2.45) is 11.8 Å². The Balaban J connectivity index is 1.08. The van der Waals surface area contributed by atoms with Crippen molar-refractivity contribution < 1.29 is 9.59 Å². The molecule has 3 atom stereocenters. The Bertz CT molecular complexity index is 1030. The first-order valence-electron chi connectivity index (χ1n) is 12.8. The molecule has 0 radical (unpaired) electrons. The average molecular weight is 460 g/mol. The van der Waals surface area contributed by atoms with Gasteiger partial charge in [0.05, 0.1) is 5.56 Å². The average Bonchev–Trinajstić information content (AvgIpc) is 2.89. The predicted octanol–water partition coefficient (Wildman–Crippen LogP) is 2.88. The third-order valence-corrected chi connectivity index (χ3v) is 8.19. The van der Waals surface area contributed by atoms with Crippen molar-refractivity contribution in [2.45, 2.75) is 31.7 Å². The van der Waals surface area contributed by atoms with E-state index in [1.807, 2.05) is 23.1 Å². The van der Waals surface area contributed by atoms with E-state index in [1.54, 1.807) is 6.20 Å². The fraction of sp³-hybridized carbons (Fsp3) is 0.519. The Morgan fingerprint density at radius 1 is 0.912 bits per heavy atom. The Kier molecular flexibility index (Phi) is 5.63. The van der Waals surface area contributed by atoms with Gasteiger partial charge in [0.15, 0.2) is 0 Å². The molecular weight excluding hydrogens is 426 g/mol. The van der Waals surface area contributed by atoms with Crippen molar-refractivity contribution >= 4 is 23.3 Å². The highest BCUT2D eigenvalue weighted by Crippen LogP contribution is 2.38. The molecule has 0 aliphatic carbocycles. The third kappa shape index (κ3) is 4.01. The molecular formula is C27H33N5O2. The predicted molar refractivity (Wildman–Crippen MR) is 132 cm³/mol. The second-order valence-electron chi connectivity index (χ2n) is 10.3. The molecule has 0 unspecified atom stereocenters. The zero-order valence-electron chi connectivity index (χ0n) is 19.7. The summed E-state index contributed by atoms with van der Waals surface area (Å²) >= 11 is 0. The lowest BCUT2D eigenvalue weighted by atomic mass is 9.76. The maximum Gasteiger partial charge on any atom is 0.255 e. The molecule has 0 saturated carbocycles. The summed E-state index contributed by atoms with van der Waals surface area (Å²) in [7, 11) is 0. The summed E-state index contributed by atoms with van der Waals surface area (Å²) in [6.07, 6.45) is 5.85. The fourth-order valence-corrected chi connectivity index (χ4v) is 6.49. The molecule has 2 amide bonds. The summed E-state index contributed by atoms with van der Waals surface area (Å²) in [6, 6.07) is 14.7. The molecule has 0 N–H and O–H groups in total. The zero-order valence-corrected chi connectivity index (χ0v) is 19.7. The highest BCUT2D eigenvalue weighted by Gasteiger charge is 2.44. The van der Waals surface area contributed by atoms with Gasteiger partial charge in [-0.3, -0.25) is 9.59 Å². The van der Waals surface area contributed by atoms with E-state index in [9.17, 15) is 9.59 Å². The van der Waals surface area contributed by atoms with Gasteiger partial charge in [0.25, 0.3) is 5.91 Å². The fourth-order valence-electron chi connectivity index (χ4n) is 6.49. The molecule has 7 nitrogen and oxygen atoms in total. The van der Waals surface area contributed by atoms with E-state index in [2.05, 4.69) is 39.0 Å². The van der Waals surface area contributed by atoms with Crippen molar-refractivity contribution in [3.63, 3.8) is 0 Å². The van der Waals surface area contributed by atoms with Crippen molar-refractivity contribution in [3.8, 4) is 0 Å². The summed E-state index contributed by atoms with van der Waals surface area (Å²) in [6.45, 7) is 5.92. The molecule has 178 valence electrons. The SMILES string of the molecule is O=C(c1ccc(N2C[C@H]3C[C@H](C2)[C@H]2CCCC(=O)N2C3)nc1)N1CCN(c2ccccc2)CC1. The highest BCUT2D eigenvalue weighted by atomic mass is 16.2. The summed E-state index contributed by atoms with van der Waals surface area (Å²) in [5.41, 5.74) is 1.88. The highest BCUT2D eigenvalue weighted by molar-refractivity contribution is 5.94. The van der Waals surface area contributed by atoms with Crippen LogP contribution in [0.1, 0.15) is 36.0 Å². The van der Waals surface area contributed by atoms with Crippen LogP contribution in [0.15, 0.2) is 48.7 Å². The van der Waals surface area contributed by atoms with Gasteiger partial charge in [0, 0.05) is 70.2 Å². The largest absolute Gasteiger partial charge is 0.368 e. The minimum absolute atomic E-state index is 0.0682. The first kappa shape index (κ1) is 21.4. The molecule has 2 bridgehead atoms. The number of carbonyl (C=O) groups excluding carboxylic acids is 2. The first-order valence-corrected chi connectivity index (χ1v) is 12.8. The maximum absolute atomic E-state index is 13.1. The van der Waals surface area contributed by atoms with Gasteiger partial charge in [0.1, 0.15) is 5.82 Å². The van der Waals surface area contributed by atoms with Crippen LogP contribution in [0.5, 0.6) is 0 Å². The summed E-state index contributed by atoms with van der Waals surface area (Å²) in [5.74, 6) is 2.42. The normalized spacial score (nSPS) is 26.9. The molecule has 2 aromatic rings. The standard InChI is InChI=1S/C27H33N5O2/c33-26-8-4-7-24-22-15-20(18-32(24)26)17-31(19-22)25-10-9-21(16-28-25)27(34)30-13-11-29(12-14-30)23-5-2-1-3-6-23/h1-3,5-6,9-10,16,20,22,24H,4,7-8,11-15,17-19H2/t20-,22-,24-/m1/s1. The van der Waals surface area contributed by atoms with E-state index in [1.165, 1.54) is 12.1 Å². The van der Waals surface area contributed by atoms with Crippen molar-refractivity contribution in [2.75, 3.05) is 55.6 Å². The molecule has 4 saturated heterocycles. The van der Waals surface area contributed by atoms with E-state index in [-0.39, 0.29) is 5.91 Å². The molecule has 34 heavy (non-hydrogen) atoms. The van der Waals surface area contributed by atoms with Crippen LogP contribution in [-0.2, 0) is 4.79 Å². The second kappa shape index (κ2) is 8.93. The second-order valence-corrected chi connectivity index (χ2v) is 10.3.